The topological polar surface area (TPSA) is 102 Å². The van der Waals surface area contributed by atoms with E-state index in [-0.39, 0.29) is 44.9 Å². The van der Waals surface area contributed by atoms with Crippen LogP contribution in [0.1, 0.15) is 109 Å². The SMILES string of the molecule is CC(=O)c1ccc(P(c2ccccc2C)c2ccc(C(C)=O)c(C(C)=O)c2C(C)=O)c(C(C)=O)c1C(C)=O. The lowest BCUT2D eigenvalue weighted by Gasteiger charge is -2.27. The average molecular weight is 529 g/mol. The number of carbonyl (C=O) groups is 6. The van der Waals surface area contributed by atoms with E-state index in [0.29, 0.717) is 10.6 Å². The largest absolute Gasteiger partial charge is 0.294 e. The van der Waals surface area contributed by atoms with Crippen molar-refractivity contribution in [1.82, 2.24) is 0 Å². The van der Waals surface area contributed by atoms with Gasteiger partial charge in [0.05, 0.1) is 0 Å². The van der Waals surface area contributed by atoms with Crippen LogP contribution < -0.4 is 15.9 Å². The van der Waals surface area contributed by atoms with E-state index in [1.807, 2.05) is 31.2 Å². The van der Waals surface area contributed by atoms with Crippen molar-refractivity contribution in [3.63, 3.8) is 0 Å². The van der Waals surface area contributed by atoms with Crippen molar-refractivity contribution in [2.24, 2.45) is 0 Å². The summed E-state index contributed by atoms with van der Waals surface area (Å²) in [5, 5.41) is 1.79. The van der Waals surface area contributed by atoms with E-state index in [2.05, 4.69) is 0 Å². The second kappa shape index (κ2) is 11.2. The van der Waals surface area contributed by atoms with E-state index in [1.165, 1.54) is 53.7 Å². The van der Waals surface area contributed by atoms with Gasteiger partial charge in [0.15, 0.2) is 34.7 Å². The molecule has 0 radical (unpaired) electrons. The molecule has 6 nitrogen and oxygen atoms in total. The van der Waals surface area contributed by atoms with Crippen LogP contribution >= 0.6 is 7.92 Å². The molecule has 0 atom stereocenters. The lowest BCUT2D eigenvalue weighted by molar-refractivity contribution is 0.0968. The molecule has 3 rings (SSSR count). The van der Waals surface area contributed by atoms with Gasteiger partial charge in [-0.15, -0.1) is 0 Å². The molecule has 0 spiro atoms. The minimum absolute atomic E-state index is 0.0418. The number of Topliss-reactive ketones (excluding diaryl/α,β-unsaturated/α-hetero) is 6. The molecule has 0 heterocycles. The molecular formula is C31H29O6P. The minimum Gasteiger partial charge on any atom is -0.294 e. The van der Waals surface area contributed by atoms with Crippen LogP contribution in [0, 0.1) is 6.92 Å². The van der Waals surface area contributed by atoms with Gasteiger partial charge in [-0.25, -0.2) is 0 Å². The van der Waals surface area contributed by atoms with Gasteiger partial charge in [-0.05, 0) is 90.0 Å². The van der Waals surface area contributed by atoms with Crippen molar-refractivity contribution in [2.45, 2.75) is 48.5 Å². The van der Waals surface area contributed by atoms with Crippen molar-refractivity contribution in [3.05, 3.63) is 87.5 Å². The monoisotopic (exact) mass is 528 g/mol. The van der Waals surface area contributed by atoms with Crippen molar-refractivity contribution in [2.75, 3.05) is 0 Å². The normalized spacial score (nSPS) is 10.8. The fraction of sp³-hybridized carbons (Fsp3) is 0.226. The summed E-state index contributed by atoms with van der Waals surface area (Å²) in [7, 11) is -1.69. The van der Waals surface area contributed by atoms with E-state index >= 15 is 0 Å². The molecule has 0 amide bonds. The highest BCUT2D eigenvalue weighted by Crippen LogP contribution is 2.39. The highest BCUT2D eigenvalue weighted by molar-refractivity contribution is 7.80. The van der Waals surface area contributed by atoms with Crippen LogP contribution in [0.4, 0.5) is 0 Å². The summed E-state index contributed by atoms with van der Waals surface area (Å²) in [5.41, 5.74) is 1.50. The molecule has 0 aliphatic carbocycles. The molecule has 3 aromatic carbocycles. The molecule has 38 heavy (non-hydrogen) atoms. The average Bonchev–Trinajstić information content (AvgIpc) is 2.83. The Bertz CT molecular complexity index is 1450. The van der Waals surface area contributed by atoms with Crippen molar-refractivity contribution in [3.8, 4) is 0 Å². The third-order valence-electron chi connectivity index (χ3n) is 6.37. The van der Waals surface area contributed by atoms with Crippen LogP contribution in [0.3, 0.4) is 0 Å². The molecule has 0 N–H and O–H groups in total. The third-order valence-corrected chi connectivity index (χ3v) is 9.06. The quantitative estimate of drug-likeness (QED) is 0.287. The molecule has 0 saturated heterocycles. The van der Waals surface area contributed by atoms with Gasteiger partial charge in [0.2, 0.25) is 0 Å². The maximum absolute atomic E-state index is 13.1. The zero-order valence-electron chi connectivity index (χ0n) is 22.5. The second-order valence-corrected chi connectivity index (χ2v) is 11.3. The van der Waals surface area contributed by atoms with Crippen molar-refractivity contribution >= 4 is 58.5 Å². The Balaban J connectivity index is 2.63. The number of benzene rings is 3. The van der Waals surface area contributed by atoms with E-state index in [0.717, 1.165) is 10.9 Å². The van der Waals surface area contributed by atoms with Gasteiger partial charge in [-0.1, -0.05) is 36.4 Å². The summed E-state index contributed by atoms with van der Waals surface area (Å²) in [6.07, 6.45) is 0. The fourth-order valence-corrected chi connectivity index (χ4v) is 7.66. The number of ketones is 6. The van der Waals surface area contributed by atoms with E-state index in [9.17, 15) is 28.8 Å². The highest BCUT2D eigenvalue weighted by atomic mass is 31.1. The fourth-order valence-electron chi connectivity index (χ4n) is 4.79. The van der Waals surface area contributed by atoms with Crippen LogP contribution in [0.2, 0.25) is 0 Å². The van der Waals surface area contributed by atoms with E-state index in [4.69, 9.17) is 0 Å². The standard InChI is InChI=1S/C31H29O6P/c1-16-10-8-9-11-25(16)38(26-14-12-23(17(2)32)28(19(4)34)30(26)21(6)36)27-15-13-24(18(3)33)29(20(5)35)31(27)22(7)37/h8-15H,1-7H3. The zero-order valence-corrected chi connectivity index (χ0v) is 23.4. The Kier molecular flexibility index (Phi) is 8.48. The Morgan fingerprint density at radius 2 is 0.816 bits per heavy atom. The predicted molar refractivity (Wildman–Crippen MR) is 150 cm³/mol. The first-order valence-corrected chi connectivity index (χ1v) is 13.4. The molecule has 194 valence electrons. The maximum atomic E-state index is 13.1. The first-order valence-electron chi connectivity index (χ1n) is 12.0. The third kappa shape index (κ3) is 5.23. The Labute approximate surface area is 223 Å². The number of rotatable bonds is 9. The maximum Gasteiger partial charge on any atom is 0.161 e. The Morgan fingerprint density at radius 1 is 0.447 bits per heavy atom. The Morgan fingerprint density at radius 3 is 1.13 bits per heavy atom. The van der Waals surface area contributed by atoms with Gasteiger partial charge in [0, 0.05) is 33.4 Å². The lowest BCUT2D eigenvalue weighted by atomic mass is 9.93. The molecule has 0 bridgehead atoms. The van der Waals surface area contributed by atoms with Crippen LogP contribution in [0.25, 0.3) is 0 Å². The van der Waals surface area contributed by atoms with Gasteiger partial charge >= 0.3 is 0 Å². The number of carbonyl (C=O) groups excluding carboxylic acids is 6. The van der Waals surface area contributed by atoms with Crippen molar-refractivity contribution < 1.29 is 28.8 Å². The molecule has 0 aliphatic rings. The molecule has 7 heteroatoms. The van der Waals surface area contributed by atoms with Crippen LogP contribution in [0.5, 0.6) is 0 Å². The van der Waals surface area contributed by atoms with Crippen molar-refractivity contribution in [1.29, 1.82) is 0 Å². The zero-order chi connectivity index (χ0) is 28.5. The molecule has 0 saturated carbocycles. The summed E-state index contributed by atoms with van der Waals surface area (Å²) in [6.45, 7) is 9.87. The number of hydrogen-bond donors (Lipinski definition) is 0. The van der Waals surface area contributed by atoms with Gasteiger partial charge in [-0.2, -0.15) is 0 Å². The smallest absolute Gasteiger partial charge is 0.161 e. The van der Waals surface area contributed by atoms with E-state index in [1.54, 1.807) is 12.1 Å². The first-order chi connectivity index (χ1) is 17.8. The summed E-state index contributed by atoms with van der Waals surface area (Å²) in [6, 6.07) is 13.9. The van der Waals surface area contributed by atoms with Gasteiger partial charge in [-0.3, -0.25) is 28.8 Å². The lowest BCUT2D eigenvalue weighted by Crippen LogP contribution is -2.32. The van der Waals surface area contributed by atoms with E-state index < -0.39 is 31.1 Å². The van der Waals surface area contributed by atoms with Gasteiger partial charge < -0.3 is 0 Å². The summed E-state index contributed by atoms with van der Waals surface area (Å²) in [5.74, 6) is -2.34. The van der Waals surface area contributed by atoms with Crippen LogP contribution in [-0.4, -0.2) is 34.7 Å². The molecule has 3 aromatic rings. The predicted octanol–water partition coefficient (Wildman–Crippen LogP) is 4.97. The number of aryl methyl sites for hydroxylation is 1. The molecule has 0 aromatic heterocycles. The summed E-state index contributed by atoms with van der Waals surface area (Å²) in [4.78, 5) is 76.7. The molecule has 0 unspecified atom stereocenters. The summed E-state index contributed by atoms with van der Waals surface area (Å²) >= 11 is 0. The molecular weight excluding hydrogens is 499 g/mol. The molecule has 0 fully saturated rings. The number of hydrogen-bond acceptors (Lipinski definition) is 6. The van der Waals surface area contributed by atoms with Gasteiger partial charge in [0.1, 0.15) is 0 Å². The molecule has 0 aliphatic heterocycles. The summed E-state index contributed by atoms with van der Waals surface area (Å²) < 4.78 is 0. The first kappa shape index (κ1) is 28.7. The van der Waals surface area contributed by atoms with Crippen LogP contribution in [-0.2, 0) is 0 Å². The Hall–Kier alpha value is -3.89. The van der Waals surface area contributed by atoms with Crippen LogP contribution in [0.15, 0.2) is 48.5 Å². The van der Waals surface area contributed by atoms with Gasteiger partial charge in [0.25, 0.3) is 0 Å². The minimum atomic E-state index is -1.69. The second-order valence-electron chi connectivity index (χ2n) is 9.22. The highest BCUT2D eigenvalue weighted by Gasteiger charge is 2.32.